The minimum Gasteiger partial charge on any atom is -0.381 e. The van der Waals surface area contributed by atoms with Gasteiger partial charge in [-0.05, 0) is 37.5 Å². The third-order valence-electron chi connectivity index (χ3n) is 4.25. The van der Waals surface area contributed by atoms with E-state index in [0.717, 1.165) is 63.9 Å². The number of nitrogens with one attached hydrogen (secondary N) is 2. The fraction of sp³-hybridized carbons (Fsp3) is 0.632. The minimum atomic E-state index is -3.16. The number of rotatable bonds is 10. The van der Waals surface area contributed by atoms with E-state index >= 15 is 0 Å². The normalized spacial score (nSPS) is 17.2. The summed E-state index contributed by atoms with van der Waals surface area (Å²) in [5.74, 6) is 1.29. The number of hydrogen-bond acceptors (Lipinski definition) is 5. The first-order valence-corrected chi connectivity index (χ1v) is 11.3. The average molecular weight is 525 g/mol. The van der Waals surface area contributed by atoms with Gasteiger partial charge in [-0.25, -0.2) is 13.4 Å². The van der Waals surface area contributed by atoms with Gasteiger partial charge in [0.25, 0.3) is 0 Å². The van der Waals surface area contributed by atoms with Crippen molar-refractivity contribution in [3.8, 4) is 0 Å². The van der Waals surface area contributed by atoms with Crippen LogP contribution in [0.4, 0.5) is 0 Å². The molecule has 9 heteroatoms. The number of aliphatic imine (C=N–C) groups is 1. The molecule has 7 nitrogen and oxygen atoms in total. The minimum absolute atomic E-state index is 0. The van der Waals surface area contributed by atoms with Crippen LogP contribution in [0, 0.1) is 5.92 Å². The highest BCUT2D eigenvalue weighted by Crippen LogP contribution is 2.12. The fourth-order valence-electron chi connectivity index (χ4n) is 2.70. The average Bonchev–Trinajstić information content (AvgIpc) is 3.15. The molecule has 1 aliphatic heterocycles. The zero-order valence-corrected chi connectivity index (χ0v) is 19.8. The molecular weight excluding hydrogens is 493 g/mol. The van der Waals surface area contributed by atoms with Crippen LogP contribution < -0.4 is 10.6 Å². The fourth-order valence-corrected chi connectivity index (χ4v) is 3.33. The van der Waals surface area contributed by atoms with Gasteiger partial charge in [0.1, 0.15) is 0 Å². The zero-order chi connectivity index (χ0) is 19.5. The van der Waals surface area contributed by atoms with Gasteiger partial charge in [0.05, 0.1) is 24.7 Å². The quantitative estimate of drug-likeness (QED) is 0.211. The van der Waals surface area contributed by atoms with Crippen molar-refractivity contribution >= 4 is 39.8 Å². The summed E-state index contributed by atoms with van der Waals surface area (Å²) in [7, 11) is -3.16. The van der Waals surface area contributed by atoms with E-state index in [0.29, 0.717) is 17.4 Å². The summed E-state index contributed by atoms with van der Waals surface area (Å²) >= 11 is 0. The lowest BCUT2D eigenvalue weighted by atomic mass is 10.1. The molecule has 0 radical (unpaired) electrons. The molecule has 1 fully saturated rings. The summed E-state index contributed by atoms with van der Waals surface area (Å²) in [5, 5.41) is 6.50. The van der Waals surface area contributed by atoms with Gasteiger partial charge < -0.3 is 20.1 Å². The van der Waals surface area contributed by atoms with Gasteiger partial charge in [0, 0.05) is 38.5 Å². The van der Waals surface area contributed by atoms with Crippen LogP contribution in [-0.4, -0.2) is 60.2 Å². The Balaban J connectivity index is 0.00000392. The van der Waals surface area contributed by atoms with Gasteiger partial charge in [0.15, 0.2) is 15.8 Å². The maximum absolute atomic E-state index is 11.5. The van der Waals surface area contributed by atoms with Crippen LogP contribution in [0.2, 0.25) is 0 Å². The Hall–Kier alpha value is -0.910. The molecule has 0 amide bonds. The first kappa shape index (κ1) is 25.1. The molecular formula is C19H32IN3O4S. The predicted octanol–water partition coefficient (Wildman–Crippen LogP) is 2.21. The Bertz CT molecular complexity index is 690. The van der Waals surface area contributed by atoms with E-state index in [4.69, 9.17) is 9.47 Å². The van der Waals surface area contributed by atoms with Crippen molar-refractivity contribution in [2.45, 2.75) is 31.2 Å². The highest BCUT2D eigenvalue weighted by atomic mass is 127. The largest absolute Gasteiger partial charge is 0.381 e. The molecule has 0 spiro atoms. The lowest BCUT2D eigenvalue weighted by Gasteiger charge is -2.12. The Kier molecular flexibility index (Phi) is 12.0. The second-order valence-corrected chi connectivity index (χ2v) is 8.71. The van der Waals surface area contributed by atoms with E-state index in [1.54, 1.807) is 24.3 Å². The molecule has 1 aromatic carbocycles. The summed E-state index contributed by atoms with van der Waals surface area (Å²) in [5.41, 5.74) is 0.960. The Morgan fingerprint density at radius 3 is 2.64 bits per heavy atom. The van der Waals surface area contributed by atoms with Crippen LogP contribution in [0.1, 0.15) is 25.3 Å². The highest BCUT2D eigenvalue weighted by molar-refractivity contribution is 14.0. The summed E-state index contributed by atoms with van der Waals surface area (Å²) in [6, 6.07) is 6.83. The smallest absolute Gasteiger partial charge is 0.191 e. The van der Waals surface area contributed by atoms with E-state index in [1.807, 2.05) is 6.92 Å². The molecule has 1 aromatic rings. The van der Waals surface area contributed by atoms with Gasteiger partial charge >= 0.3 is 0 Å². The molecule has 1 unspecified atom stereocenters. The first-order valence-electron chi connectivity index (χ1n) is 9.45. The molecule has 0 saturated carbocycles. The van der Waals surface area contributed by atoms with E-state index in [9.17, 15) is 8.42 Å². The third kappa shape index (κ3) is 9.53. The van der Waals surface area contributed by atoms with Crippen LogP contribution >= 0.6 is 24.0 Å². The topological polar surface area (TPSA) is 89.0 Å². The van der Waals surface area contributed by atoms with Crippen LogP contribution in [0.3, 0.4) is 0 Å². The maximum atomic E-state index is 11.5. The molecule has 0 bridgehead atoms. The van der Waals surface area contributed by atoms with Crippen molar-refractivity contribution in [3.05, 3.63) is 29.8 Å². The van der Waals surface area contributed by atoms with Gasteiger partial charge in [-0.3, -0.25) is 0 Å². The summed E-state index contributed by atoms with van der Waals surface area (Å²) in [4.78, 5) is 4.87. The number of hydrogen-bond donors (Lipinski definition) is 2. The van der Waals surface area contributed by atoms with Crippen LogP contribution in [0.5, 0.6) is 0 Å². The molecule has 1 heterocycles. The van der Waals surface area contributed by atoms with E-state index in [1.165, 1.54) is 6.26 Å². The maximum Gasteiger partial charge on any atom is 0.191 e. The number of ether oxygens (including phenoxy) is 2. The Labute approximate surface area is 185 Å². The SMILES string of the molecule is CCNC(=NCc1ccc(S(C)(=O)=O)cc1)NCCCOCC1CCOC1.I. The molecule has 0 aliphatic carbocycles. The standard InChI is InChI=1S/C19H31N3O4S.HI/c1-3-20-19(21-10-4-11-25-14-17-9-12-26-15-17)22-13-16-5-7-18(8-6-16)27(2,23)24;/h5-8,17H,3-4,9-15H2,1-2H3,(H2,20,21,22);1H. The second-order valence-electron chi connectivity index (χ2n) is 6.70. The van der Waals surface area contributed by atoms with Crippen molar-refractivity contribution in [1.82, 2.24) is 10.6 Å². The highest BCUT2D eigenvalue weighted by Gasteiger charge is 2.15. The van der Waals surface area contributed by atoms with Crippen LogP contribution in [0.15, 0.2) is 34.2 Å². The predicted molar refractivity (Wildman–Crippen MR) is 122 cm³/mol. The molecule has 2 rings (SSSR count). The van der Waals surface area contributed by atoms with Crippen molar-refractivity contribution in [2.75, 3.05) is 45.8 Å². The number of nitrogens with zero attached hydrogens (tertiary/aromatic N) is 1. The summed E-state index contributed by atoms with van der Waals surface area (Å²) in [6.07, 6.45) is 3.21. The van der Waals surface area contributed by atoms with E-state index in [-0.39, 0.29) is 24.0 Å². The lowest BCUT2D eigenvalue weighted by molar-refractivity contribution is 0.0888. The van der Waals surface area contributed by atoms with Crippen molar-refractivity contribution in [3.63, 3.8) is 0 Å². The molecule has 0 aromatic heterocycles. The van der Waals surface area contributed by atoms with Gasteiger partial charge in [-0.2, -0.15) is 0 Å². The lowest BCUT2D eigenvalue weighted by Crippen LogP contribution is -2.38. The molecule has 160 valence electrons. The van der Waals surface area contributed by atoms with Gasteiger partial charge in [-0.15, -0.1) is 24.0 Å². The zero-order valence-electron chi connectivity index (χ0n) is 16.6. The van der Waals surface area contributed by atoms with Gasteiger partial charge in [-0.1, -0.05) is 12.1 Å². The number of guanidine groups is 1. The van der Waals surface area contributed by atoms with Crippen molar-refractivity contribution < 1.29 is 17.9 Å². The summed E-state index contributed by atoms with van der Waals surface area (Å²) < 4.78 is 34.0. The number of halogens is 1. The van der Waals surface area contributed by atoms with E-state index in [2.05, 4.69) is 15.6 Å². The summed E-state index contributed by atoms with van der Waals surface area (Å²) in [6.45, 7) is 7.22. The van der Waals surface area contributed by atoms with Crippen molar-refractivity contribution in [2.24, 2.45) is 10.9 Å². The van der Waals surface area contributed by atoms with Crippen LogP contribution in [-0.2, 0) is 25.9 Å². The number of sulfone groups is 1. The molecule has 1 saturated heterocycles. The molecule has 28 heavy (non-hydrogen) atoms. The second kappa shape index (κ2) is 13.3. The first-order chi connectivity index (χ1) is 13.0. The molecule has 1 atom stereocenters. The Morgan fingerprint density at radius 2 is 2.04 bits per heavy atom. The van der Waals surface area contributed by atoms with Gasteiger partial charge in [0.2, 0.25) is 0 Å². The van der Waals surface area contributed by atoms with Crippen molar-refractivity contribution in [1.29, 1.82) is 0 Å². The molecule has 2 N–H and O–H groups in total. The van der Waals surface area contributed by atoms with E-state index < -0.39 is 9.84 Å². The molecule has 1 aliphatic rings. The number of benzene rings is 1. The Morgan fingerprint density at radius 1 is 1.29 bits per heavy atom. The monoisotopic (exact) mass is 525 g/mol. The van der Waals surface area contributed by atoms with Crippen LogP contribution in [0.25, 0.3) is 0 Å². The third-order valence-corrected chi connectivity index (χ3v) is 5.38.